The van der Waals surface area contributed by atoms with E-state index in [0.29, 0.717) is 11.8 Å². The molecule has 0 radical (unpaired) electrons. The fraction of sp³-hybridized carbons (Fsp3) is 0.500. The first kappa shape index (κ1) is 24.3. The number of aliphatic carboxylic acids is 1. The van der Waals surface area contributed by atoms with Gasteiger partial charge in [0.1, 0.15) is 5.75 Å². The summed E-state index contributed by atoms with van der Waals surface area (Å²) in [6.07, 6.45) is 13.0. The molecule has 1 aromatic carbocycles. The molecule has 2 aromatic heterocycles. The molecule has 1 fully saturated rings. The number of nitrogens with zero attached hydrogens (tertiary/aromatic N) is 2. The Morgan fingerprint density at radius 1 is 1.18 bits per heavy atom. The molecule has 1 saturated heterocycles. The lowest BCUT2D eigenvalue weighted by atomic mass is 9.79. The van der Waals surface area contributed by atoms with Gasteiger partial charge in [0.2, 0.25) is 0 Å². The van der Waals surface area contributed by atoms with Crippen molar-refractivity contribution in [2.75, 3.05) is 26.7 Å². The average molecular weight is 465 g/mol. The van der Waals surface area contributed by atoms with E-state index in [1.807, 2.05) is 30.7 Å². The summed E-state index contributed by atoms with van der Waals surface area (Å²) >= 11 is 0. The van der Waals surface area contributed by atoms with Crippen molar-refractivity contribution in [2.45, 2.75) is 51.4 Å². The molecular weight excluding hydrogens is 428 g/mol. The number of pyridine rings is 1. The summed E-state index contributed by atoms with van der Waals surface area (Å²) in [4.78, 5) is 18.3. The zero-order valence-electron chi connectivity index (χ0n) is 20.1. The number of carboxylic acids is 1. The highest BCUT2D eigenvalue weighted by atomic mass is 16.5. The van der Waals surface area contributed by atoms with Crippen LogP contribution in [0.15, 0.2) is 53.5 Å². The third kappa shape index (κ3) is 6.60. The normalized spacial score (nSPS) is 18.9. The summed E-state index contributed by atoms with van der Waals surface area (Å²) < 4.78 is 10.6. The molecule has 0 unspecified atom stereocenters. The second-order valence-electron chi connectivity index (χ2n) is 9.52. The van der Waals surface area contributed by atoms with Crippen molar-refractivity contribution in [1.29, 1.82) is 0 Å². The third-order valence-electron chi connectivity index (χ3n) is 7.28. The van der Waals surface area contributed by atoms with Gasteiger partial charge in [0.25, 0.3) is 0 Å². The molecule has 1 N–H and O–H groups in total. The minimum absolute atomic E-state index is 0.263. The maximum absolute atomic E-state index is 11.3. The Labute approximate surface area is 201 Å². The number of aromatic nitrogens is 1. The Morgan fingerprint density at radius 3 is 2.88 bits per heavy atom. The number of rotatable bonds is 12. The molecule has 1 aliphatic rings. The number of carboxylic acid groups (broad SMARTS) is 1. The minimum atomic E-state index is -0.687. The molecule has 6 nitrogen and oxygen atoms in total. The molecule has 0 amide bonds. The first-order chi connectivity index (χ1) is 16.6. The SMILES string of the molecule is COc1ccc2nccc(CCC[C@@H]3CCN(CCCc4ccoc4)C[C@@H]3CCC(=O)O)c2c1. The topological polar surface area (TPSA) is 75.8 Å². The maximum atomic E-state index is 11.3. The van der Waals surface area contributed by atoms with Crippen LogP contribution in [0.5, 0.6) is 5.75 Å². The van der Waals surface area contributed by atoms with Gasteiger partial charge in [-0.15, -0.1) is 0 Å². The molecule has 0 saturated carbocycles. The summed E-state index contributed by atoms with van der Waals surface area (Å²) in [5.74, 6) is 1.21. The lowest BCUT2D eigenvalue weighted by molar-refractivity contribution is -0.137. The fourth-order valence-corrected chi connectivity index (χ4v) is 5.40. The highest BCUT2D eigenvalue weighted by molar-refractivity contribution is 5.83. The molecule has 0 aliphatic carbocycles. The van der Waals surface area contributed by atoms with Gasteiger partial charge in [0.05, 0.1) is 25.2 Å². The van der Waals surface area contributed by atoms with Gasteiger partial charge < -0.3 is 19.2 Å². The number of hydrogen-bond acceptors (Lipinski definition) is 5. The number of benzene rings is 1. The summed E-state index contributed by atoms with van der Waals surface area (Å²) in [7, 11) is 1.69. The van der Waals surface area contributed by atoms with Crippen LogP contribution in [0.2, 0.25) is 0 Å². The Morgan fingerprint density at radius 2 is 2.09 bits per heavy atom. The van der Waals surface area contributed by atoms with Gasteiger partial charge in [-0.2, -0.15) is 0 Å². The number of ether oxygens (including phenoxy) is 1. The molecular formula is C28H36N2O4. The average Bonchev–Trinajstić information content (AvgIpc) is 3.37. The maximum Gasteiger partial charge on any atom is 0.303 e. The molecule has 0 spiro atoms. The van der Waals surface area contributed by atoms with E-state index >= 15 is 0 Å². The summed E-state index contributed by atoms with van der Waals surface area (Å²) in [6.45, 7) is 3.18. The highest BCUT2D eigenvalue weighted by Crippen LogP contribution is 2.32. The van der Waals surface area contributed by atoms with Crippen molar-refractivity contribution in [1.82, 2.24) is 9.88 Å². The summed E-state index contributed by atoms with van der Waals surface area (Å²) in [5.41, 5.74) is 3.56. The molecule has 3 heterocycles. The molecule has 6 heteroatoms. The Balaban J connectivity index is 1.32. The third-order valence-corrected chi connectivity index (χ3v) is 7.28. The zero-order chi connectivity index (χ0) is 23.8. The number of hydrogen-bond donors (Lipinski definition) is 1. The first-order valence-corrected chi connectivity index (χ1v) is 12.5. The van der Waals surface area contributed by atoms with Crippen LogP contribution in [0.3, 0.4) is 0 Å². The smallest absolute Gasteiger partial charge is 0.303 e. The number of methoxy groups -OCH3 is 1. The van der Waals surface area contributed by atoms with E-state index in [1.165, 1.54) is 11.1 Å². The lowest BCUT2D eigenvalue weighted by Gasteiger charge is -2.39. The summed E-state index contributed by atoms with van der Waals surface area (Å²) in [5, 5.41) is 10.4. The lowest BCUT2D eigenvalue weighted by Crippen LogP contribution is -2.41. The van der Waals surface area contributed by atoms with Gasteiger partial charge in [-0.05, 0) is 111 Å². The van der Waals surface area contributed by atoms with Crippen LogP contribution in [-0.4, -0.2) is 47.7 Å². The molecule has 4 rings (SSSR count). The van der Waals surface area contributed by atoms with Crippen LogP contribution < -0.4 is 4.74 Å². The molecule has 3 aromatic rings. The van der Waals surface area contributed by atoms with E-state index in [-0.39, 0.29) is 6.42 Å². The Kier molecular flexibility index (Phi) is 8.58. The van der Waals surface area contributed by atoms with Crippen molar-refractivity contribution in [3.05, 3.63) is 60.2 Å². The molecule has 0 bridgehead atoms. The molecule has 1 aliphatic heterocycles. The first-order valence-electron chi connectivity index (χ1n) is 12.5. The van der Waals surface area contributed by atoms with E-state index in [2.05, 4.69) is 22.0 Å². The quantitative estimate of drug-likeness (QED) is 0.376. The van der Waals surface area contributed by atoms with Gasteiger partial charge in [0, 0.05) is 24.5 Å². The van der Waals surface area contributed by atoms with Gasteiger partial charge in [-0.1, -0.05) is 0 Å². The summed E-state index contributed by atoms with van der Waals surface area (Å²) in [6, 6.07) is 10.2. The zero-order valence-corrected chi connectivity index (χ0v) is 20.1. The number of furan rings is 1. The second kappa shape index (κ2) is 12.0. The molecule has 34 heavy (non-hydrogen) atoms. The van der Waals surface area contributed by atoms with Crippen LogP contribution in [0.4, 0.5) is 0 Å². The van der Waals surface area contributed by atoms with Crippen LogP contribution >= 0.6 is 0 Å². The molecule has 182 valence electrons. The number of fused-ring (bicyclic) bond motifs is 1. The Hall–Kier alpha value is -2.86. The van der Waals surface area contributed by atoms with Crippen LogP contribution in [0.25, 0.3) is 10.9 Å². The van der Waals surface area contributed by atoms with Crippen LogP contribution in [0.1, 0.15) is 49.7 Å². The van der Waals surface area contributed by atoms with E-state index in [1.54, 1.807) is 13.4 Å². The number of likely N-dealkylation sites (tertiary alicyclic amines) is 1. The van der Waals surface area contributed by atoms with Crippen molar-refractivity contribution in [3.63, 3.8) is 0 Å². The fourth-order valence-electron chi connectivity index (χ4n) is 5.40. The largest absolute Gasteiger partial charge is 0.497 e. The monoisotopic (exact) mass is 464 g/mol. The Bertz CT molecular complexity index is 1050. The van der Waals surface area contributed by atoms with E-state index in [4.69, 9.17) is 9.15 Å². The van der Waals surface area contributed by atoms with Crippen LogP contribution in [0, 0.1) is 11.8 Å². The van der Waals surface area contributed by atoms with Crippen molar-refractivity contribution >= 4 is 16.9 Å². The number of piperidine rings is 1. The second-order valence-corrected chi connectivity index (χ2v) is 9.52. The number of carbonyl (C=O) groups is 1. The highest BCUT2D eigenvalue weighted by Gasteiger charge is 2.29. The molecule has 2 atom stereocenters. The van der Waals surface area contributed by atoms with Gasteiger partial charge in [-0.25, -0.2) is 0 Å². The van der Waals surface area contributed by atoms with Gasteiger partial charge >= 0.3 is 5.97 Å². The minimum Gasteiger partial charge on any atom is -0.497 e. The van der Waals surface area contributed by atoms with Gasteiger partial charge in [0.15, 0.2) is 0 Å². The van der Waals surface area contributed by atoms with Crippen LogP contribution in [-0.2, 0) is 17.6 Å². The van der Waals surface area contributed by atoms with Gasteiger partial charge in [-0.3, -0.25) is 9.78 Å². The number of aryl methyl sites for hydroxylation is 2. The van der Waals surface area contributed by atoms with E-state index in [0.717, 1.165) is 81.2 Å². The predicted octanol–water partition coefficient (Wildman–Crippen LogP) is 5.59. The van der Waals surface area contributed by atoms with E-state index in [9.17, 15) is 9.90 Å². The standard InChI is InChI=1S/C28H36N2O4/c1-33-25-8-9-27-26(18-25)23(11-14-29-27)6-2-5-22-12-16-30(19-24(22)7-10-28(31)32)15-3-4-21-13-17-34-20-21/h8-9,11,13-14,17-18,20,22,24H,2-7,10,12,15-16,19H2,1H3,(H,31,32)/t22-,24+/m1/s1. The van der Waals surface area contributed by atoms with Crippen molar-refractivity contribution < 1.29 is 19.1 Å². The van der Waals surface area contributed by atoms with E-state index < -0.39 is 5.97 Å². The van der Waals surface area contributed by atoms with Crippen molar-refractivity contribution in [3.8, 4) is 5.75 Å². The van der Waals surface area contributed by atoms with Crippen molar-refractivity contribution in [2.24, 2.45) is 11.8 Å². The predicted molar refractivity (Wildman–Crippen MR) is 133 cm³/mol.